The number of hydrogen-bond acceptors (Lipinski definition) is 5. The summed E-state index contributed by atoms with van der Waals surface area (Å²) in [6.45, 7) is 8.75. The third-order valence-electron chi connectivity index (χ3n) is 2.44. The molecule has 0 radical (unpaired) electrons. The van der Waals surface area contributed by atoms with Crippen LogP contribution in [0.5, 0.6) is 11.8 Å². The van der Waals surface area contributed by atoms with Crippen LogP contribution in [0.4, 0.5) is 5.69 Å². The van der Waals surface area contributed by atoms with E-state index >= 15 is 0 Å². The molecule has 0 saturated heterocycles. The Labute approximate surface area is 109 Å². The summed E-state index contributed by atoms with van der Waals surface area (Å²) in [5, 5.41) is 0. The molecule has 0 aromatic carbocycles. The Morgan fingerprint density at radius 2 is 1.89 bits per heavy atom. The highest BCUT2D eigenvalue weighted by atomic mass is 16.5. The maximum atomic E-state index is 5.92. The molecule has 18 heavy (non-hydrogen) atoms. The van der Waals surface area contributed by atoms with Crippen molar-refractivity contribution in [2.24, 2.45) is 5.92 Å². The highest BCUT2D eigenvalue weighted by molar-refractivity contribution is 5.55. The Kier molecular flexibility index (Phi) is 5.68. The Balaban J connectivity index is 2.65. The maximum absolute atomic E-state index is 5.92. The van der Waals surface area contributed by atoms with Crippen molar-refractivity contribution in [3.63, 3.8) is 0 Å². The van der Waals surface area contributed by atoms with Gasteiger partial charge in [-0.3, -0.25) is 0 Å². The molecule has 1 aromatic rings. The molecule has 1 heterocycles. The number of rotatable bonds is 7. The lowest BCUT2D eigenvalue weighted by Crippen LogP contribution is -2.13. The van der Waals surface area contributed by atoms with Crippen molar-refractivity contribution >= 4 is 5.69 Å². The molecule has 0 aliphatic heterocycles. The highest BCUT2D eigenvalue weighted by Gasteiger charge is 2.12. The molecule has 5 heteroatoms. The molecular weight excluding hydrogens is 230 g/mol. The number of ether oxygens (including phenoxy) is 2. The third-order valence-corrected chi connectivity index (χ3v) is 2.44. The fourth-order valence-corrected chi connectivity index (χ4v) is 1.59. The van der Waals surface area contributed by atoms with Crippen molar-refractivity contribution in [2.75, 3.05) is 12.3 Å². The van der Waals surface area contributed by atoms with Gasteiger partial charge >= 0.3 is 0 Å². The summed E-state index contributed by atoms with van der Waals surface area (Å²) in [4.78, 5) is 8.04. The summed E-state index contributed by atoms with van der Waals surface area (Å²) in [5.41, 5.74) is 6.29. The van der Waals surface area contributed by atoms with Gasteiger partial charge in [0.05, 0.1) is 12.7 Å². The lowest BCUT2D eigenvalue weighted by atomic mass is 10.1. The zero-order valence-electron chi connectivity index (χ0n) is 11.6. The second-order valence-corrected chi connectivity index (χ2v) is 4.77. The van der Waals surface area contributed by atoms with Gasteiger partial charge in [-0.15, -0.1) is 0 Å². The fraction of sp³-hybridized carbons (Fsp3) is 0.692. The fourth-order valence-electron chi connectivity index (χ4n) is 1.59. The average molecular weight is 253 g/mol. The molecule has 1 aromatic heterocycles. The number of anilines is 1. The molecule has 0 bridgehead atoms. The second kappa shape index (κ2) is 7.03. The predicted octanol–water partition coefficient (Wildman–Crippen LogP) is 2.66. The number of nitrogens with two attached hydrogens (primary N) is 1. The molecule has 1 atom stereocenters. The van der Waals surface area contributed by atoms with E-state index in [1.54, 1.807) is 0 Å². The van der Waals surface area contributed by atoms with E-state index in [1.165, 1.54) is 6.33 Å². The summed E-state index contributed by atoms with van der Waals surface area (Å²) in [6.07, 6.45) is 3.70. The molecule has 0 aliphatic carbocycles. The highest BCUT2D eigenvalue weighted by Crippen LogP contribution is 2.27. The van der Waals surface area contributed by atoms with E-state index in [9.17, 15) is 0 Å². The molecule has 0 aliphatic rings. The maximum Gasteiger partial charge on any atom is 0.244 e. The van der Waals surface area contributed by atoms with Gasteiger partial charge < -0.3 is 15.2 Å². The summed E-state index contributed by atoms with van der Waals surface area (Å²) < 4.78 is 11.1. The van der Waals surface area contributed by atoms with Gasteiger partial charge in [-0.25, -0.2) is 0 Å². The van der Waals surface area contributed by atoms with E-state index in [0.29, 0.717) is 30.0 Å². The van der Waals surface area contributed by atoms with Crippen LogP contribution >= 0.6 is 0 Å². The van der Waals surface area contributed by atoms with Crippen LogP contribution < -0.4 is 15.2 Å². The van der Waals surface area contributed by atoms with Gasteiger partial charge in [0.2, 0.25) is 11.8 Å². The van der Waals surface area contributed by atoms with Crippen LogP contribution in [0, 0.1) is 5.92 Å². The van der Waals surface area contributed by atoms with Gasteiger partial charge in [0.25, 0.3) is 0 Å². The standard InChI is InChI=1S/C13H23N3O2/c1-5-6-10(4)7-17-12-11(14)13(16-8-15-12)18-9(2)3/h8-10H,5-7,14H2,1-4H3. The predicted molar refractivity (Wildman–Crippen MR) is 71.8 cm³/mol. The molecule has 0 fully saturated rings. The zero-order chi connectivity index (χ0) is 13.5. The Morgan fingerprint density at radius 1 is 1.22 bits per heavy atom. The minimum absolute atomic E-state index is 0.0223. The van der Waals surface area contributed by atoms with Crippen LogP contribution in [-0.2, 0) is 0 Å². The molecule has 2 N–H and O–H groups in total. The monoisotopic (exact) mass is 253 g/mol. The van der Waals surface area contributed by atoms with E-state index in [0.717, 1.165) is 12.8 Å². The van der Waals surface area contributed by atoms with Crippen molar-refractivity contribution in [3.05, 3.63) is 6.33 Å². The van der Waals surface area contributed by atoms with Gasteiger partial charge in [0.1, 0.15) is 6.33 Å². The normalized spacial score (nSPS) is 12.5. The summed E-state index contributed by atoms with van der Waals surface area (Å²) in [7, 11) is 0. The molecule has 1 rings (SSSR count). The Hall–Kier alpha value is -1.52. The number of aromatic nitrogens is 2. The number of hydrogen-bond donors (Lipinski definition) is 1. The first kappa shape index (κ1) is 14.5. The van der Waals surface area contributed by atoms with Crippen LogP contribution in [0.1, 0.15) is 40.5 Å². The first-order chi connectivity index (χ1) is 8.54. The first-order valence-electron chi connectivity index (χ1n) is 6.44. The topological polar surface area (TPSA) is 70.3 Å². The minimum Gasteiger partial charge on any atom is -0.476 e. The SMILES string of the molecule is CCCC(C)COc1ncnc(OC(C)C)c1N. The molecule has 0 saturated carbocycles. The molecule has 0 amide bonds. The van der Waals surface area contributed by atoms with Crippen LogP contribution in [0.15, 0.2) is 6.33 Å². The van der Waals surface area contributed by atoms with E-state index in [1.807, 2.05) is 13.8 Å². The van der Waals surface area contributed by atoms with E-state index in [2.05, 4.69) is 23.8 Å². The van der Waals surface area contributed by atoms with Crippen LogP contribution in [-0.4, -0.2) is 22.7 Å². The third kappa shape index (κ3) is 4.39. The Morgan fingerprint density at radius 3 is 2.50 bits per heavy atom. The van der Waals surface area contributed by atoms with Gasteiger partial charge in [0, 0.05) is 0 Å². The molecule has 5 nitrogen and oxygen atoms in total. The lowest BCUT2D eigenvalue weighted by Gasteiger charge is -2.15. The van der Waals surface area contributed by atoms with Gasteiger partial charge in [0.15, 0.2) is 5.69 Å². The molecular formula is C13H23N3O2. The van der Waals surface area contributed by atoms with E-state index in [-0.39, 0.29) is 6.10 Å². The Bertz CT molecular complexity index is 369. The number of nitrogen functional groups attached to an aromatic ring is 1. The zero-order valence-corrected chi connectivity index (χ0v) is 11.6. The molecule has 102 valence electrons. The van der Waals surface area contributed by atoms with Crippen molar-refractivity contribution in [3.8, 4) is 11.8 Å². The van der Waals surface area contributed by atoms with Crippen LogP contribution in [0.3, 0.4) is 0 Å². The van der Waals surface area contributed by atoms with Crippen molar-refractivity contribution in [1.29, 1.82) is 0 Å². The van der Waals surface area contributed by atoms with E-state index in [4.69, 9.17) is 15.2 Å². The van der Waals surface area contributed by atoms with Gasteiger partial charge in [-0.1, -0.05) is 20.3 Å². The first-order valence-corrected chi connectivity index (χ1v) is 6.44. The summed E-state index contributed by atoms with van der Waals surface area (Å²) in [5.74, 6) is 1.28. The summed E-state index contributed by atoms with van der Waals surface area (Å²) in [6, 6.07) is 0. The number of nitrogens with zero attached hydrogens (tertiary/aromatic N) is 2. The van der Waals surface area contributed by atoms with Crippen molar-refractivity contribution < 1.29 is 9.47 Å². The summed E-state index contributed by atoms with van der Waals surface area (Å²) >= 11 is 0. The minimum atomic E-state index is 0.0223. The second-order valence-electron chi connectivity index (χ2n) is 4.77. The van der Waals surface area contributed by atoms with Crippen LogP contribution in [0.25, 0.3) is 0 Å². The molecule has 0 spiro atoms. The van der Waals surface area contributed by atoms with Crippen LogP contribution in [0.2, 0.25) is 0 Å². The molecule has 1 unspecified atom stereocenters. The van der Waals surface area contributed by atoms with Crippen molar-refractivity contribution in [1.82, 2.24) is 9.97 Å². The quantitative estimate of drug-likeness (QED) is 0.809. The van der Waals surface area contributed by atoms with Crippen molar-refractivity contribution in [2.45, 2.75) is 46.6 Å². The van der Waals surface area contributed by atoms with Gasteiger partial charge in [-0.2, -0.15) is 9.97 Å². The largest absolute Gasteiger partial charge is 0.476 e. The lowest BCUT2D eigenvalue weighted by molar-refractivity contribution is 0.224. The smallest absolute Gasteiger partial charge is 0.244 e. The average Bonchev–Trinajstić information content (AvgIpc) is 2.30. The van der Waals surface area contributed by atoms with Gasteiger partial charge in [-0.05, 0) is 26.2 Å². The van der Waals surface area contributed by atoms with E-state index < -0.39 is 0 Å².